The molecule has 0 unspecified atom stereocenters. The van der Waals surface area contributed by atoms with Crippen molar-refractivity contribution in [3.63, 3.8) is 0 Å². The van der Waals surface area contributed by atoms with E-state index in [-0.39, 0.29) is 11.8 Å². The Morgan fingerprint density at radius 1 is 1.29 bits per heavy atom. The Kier molecular flexibility index (Phi) is 4.85. The molecule has 5 nitrogen and oxygen atoms in total. The van der Waals surface area contributed by atoms with Gasteiger partial charge in [0.1, 0.15) is 6.04 Å². The molecule has 0 aliphatic carbocycles. The maximum absolute atomic E-state index is 12.7. The van der Waals surface area contributed by atoms with Crippen molar-refractivity contribution in [1.29, 1.82) is 0 Å². The van der Waals surface area contributed by atoms with E-state index >= 15 is 0 Å². The van der Waals surface area contributed by atoms with E-state index in [1.165, 1.54) is 6.20 Å². The summed E-state index contributed by atoms with van der Waals surface area (Å²) < 4.78 is 0. The van der Waals surface area contributed by atoms with Crippen LogP contribution in [0.15, 0.2) is 42.7 Å². The van der Waals surface area contributed by atoms with E-state index in [0.29, 0.717) is 17.2 Å². The number of carbonyl (C=O) groups is 2. The van der Waals surface area contributed by atoms with Crippen molar-refractivity contribution in [3.05, 3.63) is 59.4 Å². The molecule has 1 N–H and O–H groups in total. The van der Waals surface area contributed by atoms with Crippen molar-refractivity contribution in [2.24, 2.45) is 0 Å². The van der Waals surface area contributed by atoms with E-state index in [4.69, 9.17) is 0 Å². The molecule has 3 rings (SSSR count). The Morgan fingerprint density at radius 3 is 2.83 bits per heavy atom. The van der Waals surface area contributed by atoms with Crippen LogP contribution in [0, 0.1) is 13.8 Å². The first-order valence-corrected chi connectivity index (χ1v) is 8.88. The predicted octanol–water partition coefficient (Wildman–Crippen LogP) is 2.85. The molecule has 124 valence electrons. The fourth-order valence-electron chi connectivity index (χ4n) is 2.68. The lowest BCUT2D eigenvalue weighted by Crippen LogP contribution is -2.44. The maximum atomic E-state index is 12.7. The number of pyridine rings is 1. The standard InChI is InChI=1S/C18H19N3O2S/c1-12-5-6-15(13(2)8-12)20-17(22)16-10-24-11-21(16)18(23)14-4-3-7-19-9-14/h3-9,16H,10-11H2,1-2H3,(H,20,22)/t16-/m0/s1. The van der Waals surface area contributed by atoms with E-state index in [1.807, 2.05) is 32.0 Å². The van der Waals surface area contributed by atoms with Gasteiger partial charge in [-0.15, -0.1) is 11.8 Å². The van der Waals surface area contributed by atoms with Crippen LogP contribution in [-0.2, 0) is 4.79 Å². The van der Waals surface area contributed by atoms with E-state index in [1.54, 1.807) is 35.0 Å². The quantitative estimate of drug-likeness (QED) is 0.932. The Morgan fingerprint density at radius 2 is 2.12 bits per heavy atom. The van der Waals surface area contributed by atoms with Gasteiger partial charge in [-0.2, -0.15) is 0 Å². The fourth-order valence-corrected chi connectivity index (χ4v) is 3.84. The van der Waals surface area contributed by atoms with Crippen LogP contribution >= 0.6 is 11.8 Å². The molecule has 1 saturated heterocycles. The number of nitrogens with zero attached hydrogens (tertiary/aromatic N) is 2. The van der Waals surface area contributed by atoms with Crippen LogP contribution < -0.4 is 5.32 Å². The summed E-state index contributed by atoms with van der Waals surface area (Å²) in [4.78, 5) is 30.9. The first kappa shape index (κ1) is 16.5. The third-order valence-electron chi connectivity index (χ3n) is 3.99. The van der Waals surface area contributed by atoms with Crippen molar-refractivity contribution in [3.8, 4) is 0 Å². The highest BCUT2D eigenvalue weighted by molar-refractivity contribution is 7.99. The van der Waals surface area contributed by atoms with Gasteiger partial charge in [-0.25, -0.2) is 0 Å². The molecule has 1 aliphatic rings. The molecule has 0 spiro atoms. The summed E-state index contributed by atoms with van der Waals surface area (Å²) in [5.74, 6) is 0.805. The minimum Gasteiger partial charge on any atom is -0.324 e. The van der Waals surface area contributed by atoms with Crippen molar-refractivity contribution in [2.75, 3.05) is 16.9 Å². The number of rotatable bonds is 3. The molecule has 0 saturated carbocycles. The van der Waals surface area contributed by atoms with Crippen LogP contribution in [0.5, 0.6) is 0 Å². The zero-order valence-electron chi connectivity index (χ0n) is 13.7. The molecular weight excluding hydrogens is 322 g/mol. The van der Waals surface area contributed by atoms with Crippen LogP contribution in [0.3, 0.4) is 0 Å². The molecule has 1 aromatic carbocycles. The highest BCUT2D eigenvalue weighted by Crippen LogP contribution is 2.25. The van der Waals surface area contributed by atoms with E-state index in [2.05, 4.69) is 10.3 Å². The summed E-state index contributed by atoms with van der Waals surface area (Å²) in [5.41, 5.74) is 3.45. The number of aryl methyl sites for hydroxylation is 2. The van der Waals surface area contributed by atoms with E-state index in [0.717, 1.165) is 16.8 Å². The predicted molar refractivity (Wildman–Crippen MR) is 96.1 cm³/mol. The van der Waals surface area contributed by atoms with Crippen LogP contribution in [-0.4, -0.2) is 39.4 Å². The molecule has 0 radical (unpaired) electrons. The van der Waals surface area contributed by atoms with Gasteiger partial charge >= 0.3 is 0 Å². The number of anilines is 1. The monoisotopic (exact) mass is 341 g/mol. The van der Waals surface area contributed by atoms with E-state index < -0.39 is 6.04 Å². The topological polar surface area (TPSA) is 62.3 Å². The highest BCUT2D eigenvalue weighted by atomic mass is 32.2. The Hall–Kier alpha value is -2.34. The number of thioether (sulfide) groups is 1. The van der Waals surface area contributed by atoms with Crippen molar-refractivity contribution in [1.82, 2.24) is 9.88 Å². The average molecular weight is 341 g/mol. The Balaban J connectivity index is 1.75. The van der Waals surface area contributed by atoms with Gasteiger partial charge in [0.05, 0.1) is 11.4 Å². The molecule has 2 heterocycles. The van der Waals surface area contributed by atoms with Crippen LogP contribution in [0.4, 0.5) is 5.69 Å². The second-order valence-corrected chi connectivity index (χ2v) is 6.84. The molecule has 2 aromatic rings. The molecule has 1 atom stereocenters. The third-order valence-corrected chi connectivity index (χ3v) is 5.01. The first-order valence-electron chi connectivity index (χ1n) is 7.73. The van der Waals surface area contributed by atoms with Crippen molar-refractivity contribution < 1.29 is 9.59 Å². The minimum absolute atomic E-state index is 0.149. The maximum Gasteiger partial charge on any atom is 0.256 e. The minimum atomic E-state index is -0.469. The lowest BCUT2D eigenvalue weighted by atomic mass is 10.1. The van der Waals surface area contributed by atoms with Gasteiger partial charge in [-0.05, 0) is 37.6 Å². The number of hydrogen-bond donors (Lipinski definition) is 1. The lowest BCUT2D eigenvalue weighted by Gasteiger charge is -2.23. The van der Waals surface area contributed by atoms with Gasteiger partial charge in [0, 0.05) is 23.8 Å². The molecular formula is C18H19N3O2S. The summed E-state index contributed by atoms with van der Waals surface area (Å²) in [5, 5.41) is 2.95. The SMILES string of the molecule is Cc1ccc(NC(=O)[C@@H]2CSCN2C(=O)c2cccnc2)c(C)c1. The normalized spacial score (nSPS) is 16.9. The third kappa shape index (κ3) is 3.43. The summed E-state index contributed by atoms with van der Waals surface area (Å²) in [6.45, 7) is 3.98. The molecule has 2 amide bonds. The smallest absolute Gasteiger partial charge is 0.256 e. The second kappa shape index (κ2) is 7.05. The molecule has 1 aromatic heterocycles. The summed E-state index contributed by atoms with van der Waals surface area (Å²) in [7, 11) is 0. The molecule has 1 fully saturated rings. The molecule has 24 heavy (non-hydrogen) atoms. The van der Waals surface area contributed by atoms with E-state index in [9.17, 15) is 9.59 Å². The fraction of sp³-hybridized carbons (Fsp3) is 0.278. The number of aromatic nitrogens is 1. The largest absolute Gasteiger partial charge is 0.324 e. The summed E-state index contributed by atoms with van der Waals surface area (Å²) >= 11 is 1.58. The summed E-state index contributed by atoms with van der Waals surface area (Å²) in [6, 6.07) is 8.86. The van der Waals surface area contributed by atoms with Gasteiger partial charge < -0.3 is 10.2 Å². The molecule has 0 bridgehead atoms. The van der Waals surface area contributed by atoms with Crippen LogP contribution in [0.2, 0.25) is 0 Å². The zero-order valence-corrected chi connectivity index (χ0v) is 14.5. The van der Waals surface area contributed by atoms with Gasteiger partial charge in [0.25, 0.3) is 5.91 Å². The molecule has 1 aliphatic heterocycles. The highest BCUT2D eigenvalue weighted by Gasteiger charge is 2.35. The van der Waals surface area contributed by atoms with Crippen LogP contribution in [0.1, 0.15) is 21.5 Å². The number of amides is 2. The van der Waals surface area contributed by atoms with Gasteiger partial charge in [0.2, 0.25) is 5.91 Å². The van der Waals surface area contributed by atoms with Crippen molar-refractivity contribution >= 4 is 29.3 Å². The van der Waals surface area contributed by atoms with Crippen LogP contribution in [0.25, 0.3) is 0 Å². The number of nitrogens with one attached hydrogen (secondary N) is 1. The number of benzene rings is 1. The average Bonchev–Trinajstić information content (AvgIpc) is 3.07. The Labute approximate surface area is 145 Å². The lowest BCUT2D eigenvalue weighted by molar-refractivity contribution is -0.119. The number of hydrogen-bond acceptors (Lipinski definition) is 4. The van der Waals surface area contributed by atoms with Gasteiger partial charge in [-0.1, -0.05) is 17.7 Å². The zero-order chi connectivity index (χ0) is 17.1. The van der Waals surface area contributed by atoms with Crippen molar-refractivity contribution in [2.45, 2.75) is 19.9 Å². The summed E-state index contributed by atoms with van der Waals surface area (Å²) in [6.07, 6.45) is 3.16. The number of carbonyl (C=O) groups excluding carboxylic acids is 2. The van der Waals surface area contributed by atoms with Gasteiger partial charge in [0.15, 0.2) is 0 Å². The Bertz CT molecular complexity index is 764. The van der Waals surface area contributed by atoms with Gasteiger partial charge in [-0.3, -0.25) is 14.6 Å². The second-order valence-electron chi connectivity index (χ2n) is 5.84. The first-order chi connectivity index (χ1) is 11.6. The molecule has 6 heteroatoms.